The number of rotatable bonds is 11. The molecule has 0 unspecified atom stereocenters. The number of halogens is 1. The lowest BCUT2D eigenvalue weighted by molar-refractivity contribution is -0.140. The van der Waals surface area contributed by atoms with Gasteiger partial charge < -0.3 is 10.2 Å². The molecule has 10 heteroatoms. The van der Waals surface area contributed by atoms with Crippen LogP contribution in [-0.2, 0) is 26.2 Å². The lowest BCUT2D eigenvalue weighted by Gasteiger charge is -2.34. The summed E-state index contributed by atoms with van der Waals surface area (Å²) in [6.07, 6.45) is 6.38. The van der Waals surface area contributed by atoms with E-state index in [2.05, 4.69) is 5.32 Å². The van der Waals surface area contributed by atoms with Gasteiger partial charge in [-0.05, 0) is 49.9 Å². The second-order valence-electron chi connectivity index (χ2n) is 9.76. The number of hydrogen-bond donors (Lipinski definition) is 1. The van der Waals surface area contributed by atoms with Crippen LogP contribution in [0.15, 0.2) is 48.5 Å². The lowest BCUT2D eigenvalue weighted by atomic mass is 9.95. The highest BCUT2D eigenvalue weighted by atomic mass is 35.5. The Bertz CT molecular complexity index is 1260. The highest BCUT2D eigenvalue weighted by Gasteiger charge is 2.33. The Morgan fingerprint density at radius 3 is 2.34 bits per heavy atom. The smallest absolute Gasteiger partial charge is 0.244 e. The van der Waals surface area contributed by atoms with Crippen molar-refractivity contribution in [2.75, 3.05) is 17.1 Å². The molecule has 0 aromatic heterocycles. The molecule has 0 radical (unpaired) electrons. The van der Waals surface area contributed by atoms with Crippen LogP contribution in [0.3, 0.4) is 0 Å². The summed E-state index contributed by atoms with van der Waals surface area (Å²) >= 11 is 6.40. The maximum Gasteiger partial charge on any atom is 0.244 e. The molecule has 1 saturated carbocycles. The number of ketones is 1. The normalized spacial score (nSPS) is 14.9. The molecule has 0 heterocycles. The summed E-state index contributed by atoms with van der Waals surface area (Å²) in [5, 5.41) is 3.55. The third-order valence-corrected chi connectivity index (χ3v) is 8.37. The van der Waals surface area contributed by atoms with E-state index >= 15 is 0 Å². The molecule has 3 rings (SSSR count). The molecule has 206 valence electrons. The summed E-state index contributed by atoms with van der Waals surface area (Å²) in [5.74, 6) is -1.03. The monoisotopic (exact) mass is 561 g/mol. The number of carbonyl (C=O) groups is 3. The molecule has 0 spiro atoms. The molecule has 1 fully saturated rings. The summed E-state index contributed by atoms with van der Waals surface area (Å²) in [4.78, 5) is 40.6. The molecule has 8 nitrogen and oxygen atoms in total. The largest absolute Gasteiger partial charge is 0.352 e. The molecule has 2 aromatic rings. The first-order valence-corrected chi connectivity index (χ1v) is 15.2. The van der Waals surface area contributed by atoms with Crippen molar-refractivity contribution in [3.63, 3.8) is 0 Å². The van der Waals surface area contributed by atoms with Crippen molar-refractivity contribution in [2.45, 2.75) is 71.0 Å². The van der Waals surface area contributed by atoms with Crippen molar-refractivity contribution >= 4 is 44.9 Å². The first-order chi connectivity index (χ1) is 18.0. The molecule has 1 atom stereocenters. The van der Waals surface area contributed by atoms with Crippen LogP contribution in [0.2, 0.25) is 5.02 Å². The highest BCUT2D eigenvalue weighted by molar-refractivity contribution is 7.92. The Morgan fingerprint density at radius 2 is 1.74 bits per heavy atom. The average molecular weight is 562 g/mol. The van der Waals surface area contributed by atoms with Crippen molar-refractivity contribution in [3.05, 3.63) is 64.7 Å². The van der Waals surface area contributed by atoms with E-state index in [4.69, 9.17) is 11.6 Å². The summed E-state index contributed by atoms with van der Waals surface area (Å²) in [7, 11) is -3.90. The van der Waals surface area contributed by atoms with Crippen LogP contribution in [0, 0.1) is 0 Å². The summed E-state index contributed by atoms with van der Waals surface area (Å²) in [6.45, 7) is 2.72. The zero-order valence-corrected chi connectivity index (χ0v) is 23.7. The summed E-state index contributed by atoms with van der Waals surface area (Å²) in [5.41, 5.74) is 1.18. The van der Waals surface area contributed by atoms with E-state index < -0.39 is 28.5 Å². The molecule has 1 aliphatic carbocycles. The van der Waals surface area contributed by atoms with Gasteiger partial charge in [-0.15, -0.1) is 0 Å². The number of hydrogen-bond acceptors (Lipinski definition) is 5. The fraction of sp³-hybridized carbons (Fsp3) is 0.464. The van der Waals surface area contributed by atoms with Crippen molar-refractivity contribution < 1.29 is 22.8 Å². The minimum Gasteiger partial charge on any atom is -0.352 e. The molecule has 38 heavy (non-hydrogen) atoms. The molecule has 2 aromatic carbocycles. The number of nitrogens with one attached hydrogen (secondary N) is 1. The van der Waals surface area contributed by atoms with Crippen molar-refractivity contribution in [1.82, 2.24) is 10.2 Å². The van der Waals surface area contributed by atoms with E-state index in [1.807, 2.05) is 6.92 Å². The summed E-state index contributed by atoms with van der Waals surface area (Å²) in [6, 6.07) is 12.4. The lowest BCUT2D eigenvalue weighted by Crippen LogP contribution is -2.54. The molecule has 2 amide bonds. The molecular weight excluding hydrogens is 526 g/mol. The number of amides is 2. The zero-order valence-electron chi connectivity index (χ0n) is 22.2. The molecule has 1 N–H and O–H groups in total. The molecule has 0 aliphatic heterocycles. The quantitative estimate of drug-likeness (QED) is 0.405. The minimum atomic E-state index is -3.90. The number of benzene rings is 2. The molecule has 0 saturated heterocycles. The van der Waals surface area contributed by atoms with Crippen LogP contribution >= 0.6 is 11.6 Å². The zero-order chi connectivity index (χ0) is 27.9. The first-order valence-electron chi connectivity index (χ1n) is 12.9. The first kappa shape index (κ1) is 29.6. The maximum absolute atomic E-state index is 13.8. The van der Waals surface area contributed by atoms with E-state index in [0.29, 0.717) is 22.6 Å². The van der Waals surface area contributed by atoms with E-state index in [1.54, 1.807) is 36.4 Å². The van der Waals surface area contributed by atoms with Gasteiger partial charge >= 0.3 is 0 Å². The van der Waals surface area contributed by atoms with Crippen molar-refractivity contribution in [1.29, 1.82) is 0 Å². The Hall–Kier alpha value is -2.91. The SMILES string of the molecule is CC[C@@H](C(=O)NC1CCCCC1)N(Cc1ccccc1Cl)C(=O)CN(c1cccc(C(C)=O)c1)S(C)(=O)=O. The van der Waals surface area contributed by atoms with Gasteiger partial charge in [-0.2, -0.15) is 0 Å². The fourth-order valence-electron chi connectivity index (χ4n) is 4.77. The van der Waals surface area contributed by atoms with Crippen LogP contribution in [0.5, 0.6) is 0 Å². The molecule has 1 aliphatic rings. The van der Waals surface area contributed by atoms with Gasteiger partial charge in [-0.3, -0.25) is 18.7 Å². The number of sulfonamides is 1. The van der Waals surface area contributed by atoms with Crippen LogP contribution in [-0.4, -0.2) is 55.8 Å². The van der Waals surface area contributed by atoms with Gasteiger partial charge in [0, 0.05) is 23.2 Å². The molecule has 0 bridgehead atoms. The van der Waals surface area contributed by atoms with E-state index in [-0.39, 0.29) is 30.0 Å². The Morgan fingerprint density at radius 1 is 1.05 bits per heavy atom. The third-order valence-electron chi connectivity index (χ3n) is 6.86. The molecular formula is C28H36ClN3O5S. The number of carbonyl (C=O) groups excluding carboxylic acids is 3. The van der Waals surface area contributed by atoms with Crippen LogP contribution in [0.1, 0.15) is 68.3 Å². The third kappa shape index (κ3) is 7.80. The van der Waals surface area contributed by atoms with Crippen molar-refractivity contribution in [2.24, 2.45) is 0 Å². The predicted octanol–water partition coefficient (Wildman–Crippen LogP) is 4.56. The van der Waals surface area contributed by atoms with Gasteiger partial charge in [-0.1, -0.05) is 68.1 Å². The Balaban J connectivity index is 1.95. The van der Waals surface area contributed by atoms with Gasteiger partial charge in [0.05, 0.1) is 11.9 Å². The van der Waals surface area contributed by atoms with E-state index in [9.17, 15) is 22.8 Å². The Kier molecular flexibility index (Phi) is 10.3. The van der Waals surface area contributed by atoms with Gasteiger partial charge in [0.1, 0.15) is 12.6 Å². The second kappa shape index (κ2) is 13.2. The Labute approximate surface area is 230 Å². The van der Waals surface area contributed by atoms with Crippen LogP contribution in [0.4, 0.5) is 5.69 Å². The number of nitrogens with zero attached hydrogens (tertiary/aromatic N) is 2. The highest BCUT2D eigenvalue weighted by Crippen LogP contribution is 2.24. The predicted molar refractivity (Wildman–Crippen MR) is 150 cm³/mol. The van der Waals surface area contributed by atoms with Gasteiger partial charge in [0.15, 0.2) is 5.78 Å². The van der Waals surface area contributed by atoms with Gasteiger partial charge in [0.2, 0.25) is 21.8 Å². The van der Waals surface area contributed by atoms with Crippen molar-refractivity contribution in [3.8, 4) is 0 Å². The van der Waals surface area contributed by atoms with Gasteiger partial charge in [0.25, 0.3) is 0 Å². The maximum atomic E-state index is 13.8. The number of anilines is 1. The minimum absolute atomic E-state index is 0.0419. The van der Waals surface area contributed by atoms with Gasteiger partial charge in [-0.25, -0.2) is 8.42 Å². The second-order valence-corrected chi connectivity index (χ2v) is 12.1. The average Bonchev–Trinajstić information content (AvgIpc) is 2.88. The van der Waals surface area contributed by atoms with E-state index in [0.717, 1.165) is 42.7 Å². The van der Waals surface area contributed by atoms with E-state index in [1.165, 1.54) is 24.0 Å². The fourth-order valence-corrected chi connectivity index (χ4v) is 5.80. The topological polar surface area (TPSA) is 104 Å². The summed E-state index contributed by atoms with van der Waals surface area (Å²) < 4.78 is 26.5. The standard InChI is InChI=1S/C28H36ClN3O5S/c1-4-26(28(35)30-23-13-6-5-7-14-23)31(18-22-11-8-9-16-25(22)29)27(34)19-32(38(3,36)37)24-15-10-12-21(17-24)20(2)33/h8-12,15-17,23,26H,4-7,13-14,18-19H2,1-3H3,(H,30,35)/t26-/m0/s1. The van der Waals surface area contributed by atoms with Crippen LogP contribution in [0.25, 0.3) is 0 Å². The van der Waals surface area contributed by atoms with Crippen LogP contribution < -0.4 is 9.62 Å². The number of Topliss-reactive ketones (excluding diaryl/α,β-unsaturated/α-hetero) is 1.